The number of aryl methyl sites for hydroxylation is 1. The zero-order valence-electron chi connectivity index (χ0n) is 16.5. The SMILES string of the molecule is Cc1csc2nc(COc3ccccc3NC(=O)COc3ccccc3F)cc(=O)n12. The Morgan fingerprint density at radius 1 is 1.13 bits per heavy atom. The van der Waals surface area contributed by atoms with E-state index in [1.165, 1.54) is 40.0 Å². The van der Waals surface area contributed by atoms with Crippen LogP contribution in [0.3, 0.4) is 0 Å². The van der Waals surface area contributed by atoms with E-state index in [4.69, 9.17) is 9.47 Å². The maximum absolute atomic E-state index is 13.6. The lowest BCUT2D eigenvalue weighted by Gasteiger charge is -2.13. The van der Waals surface area contributed by atoms with Gasteiger partial charge in [-0.1, -0.05) is 24.3 Å². The summed E-state index contributed by atoms with van der Waals surface area (Å²) in [5, 5.41) is 4.55. The molecule has 0 radical (unpaired) electrons. The molecule has 0 fully saturated rings. The zero-order valence-corrected chi connectivity index (χ0v) is 17.3. The van der Waals surface area contributed by atoms with Gasteiger partial charge in [0.1, 0.15) is 12.4 Å². The Morgan fingerprint density at radius 2 is 1.87 bits per heavy atom. The third kappa shape index (κ3) is 4.72. The number of amides is 1. The van der Waals surface area contributed by atoms with Crippen molar-refractivity contribution in [1.82, 2.24) is 9.38 Å². The number of ether oxygens (including phenoxy) is 2. The first-order chi connectivity index (χ1) is 15.0. The fraction of sp³-hybridized carbons (Fsp3) is 0.136. The highest BCUT2D eigenvalue weighted by Crippen LogP contribution is 2.25. The first-order valence-electron chi connectivity index (χ1n) is 9.37. The molecule has 31 heavy (non-hydrogen) atoms. The molecule has 0 spiro atoms. The standard InChI is InChI=1S/C22H18FN3O4S/c1-14-13-31-22-24-15(10-21(28)26(14)22)11-29-19-9-5-3-7-17(19)25-20(27)12-30-18-8-4-2-6-16(18)23/h2-10,13H,11-12H2,1H3,(H,25,27). The molecule has 2 aromatic carbocycles. The number of aromatic nitrogens is 2. The van der Waals surface area contributed by atoms with E-state index in [2.05, 4.69) is 10.3 Å². The van der Waals surface area contributed by atoms with Crippen molar-refractivity contribution >= 4 is 27.9 Å². The monoisotopic (exact) mass is 439 g/mol. The second-order valence-corrected chi connectivity index (χ2v) is 7.47. The van der Waals surface area contributed by atoms with E-state index in [0.29, 0.717) is 22.1 Å². The largest absolute Gasteiger partial charge is 0.485 e. The Hall–Kier alpha value is -3.72. The number of hydrogen-bond acceptors (Lipinski definition) is 6. The number of carbonyl (C=O) groups excluding carboxylic acids is 1. The summed E-state index contributed by atoms with van der Waals surface area (Å²) in [5.74, 6) is -0.601. The van der Waals surface area contributed by atoms with Gasteiger partial charge in [-0.15, -0.1) is 11.3 Å². The maximum Gasteiger partial charge on any atom is 0.262 e. The second kappa shape index (κ2) is 8.97. The zero-order chi connectivity index (χ0) is 21.8. The van der Waals surface area contributed by atoms with Gasteiger partial charge in [0.2, 0.25) is 0 Å². The Morgan fingerprint density at radius 3 is 2.68 bits per heavy atom. The molecule has 9 heteroatoms. The lowest BCUT2D eigenvalue weighted by atomic mass is 10.3. The number of hydrogen-bond donors (Lipinski definition) is 1. The van der Waals surface area contributed by atoms with E-state index in [1.807, 2.05) is 12.3 Å². The molecular formula is C22H18FN3O4S. The molecule has 2 aromatic heterocycles. The van der Waals surface area contributed by atoms with Crippen molar-refractivity contribution < 1.29 is 18.7 Å². The fourth-order valence-electron chi connectivity index (χ4n) is 2.91. The highest BCUT2D eigenvalue weighted by molar-refractivity contribution is 7.15. The van der Waals surface area contributed by atoms with Crippen LogP contribution >= 0.6 is 11.3 Å². The molecule has 0 saturated carbocycles. The molecule has 0 saturated heterocycles. The minimum absolute atomic E-state index is 0.00116. The van der Waals surface area contributed by atoms with E-state index < -0.39 is 11.7 Å². The minimum Gasteiger partial charge on any atom is -0.485 e. The summed E-state index contributed by atoms with van der Waals surface area (Å²) in [5.41, 5.74) is 1.56. The van der Waals surface area contributed by atoms with Gasteiger partial charge in [0, 0.05) is 17.1 Å². The average molecular weight is 439 g/mol. The van der Waals surface area contributed by atoms with Crippen LogP contribution in [-0.2, 0) is 11.4 Å². The fourth-order valence-corrected chi connectivity index (χ4v) is 3.80. The lowest BCUT2D eigenvalue weighted by molar-refractivity contribution is -0.118. The van der Waals surface area contributed by atoms with Crippen molar-refractivity contribution in [3.05, 3.63) is 87.5 Å². The van der Waals surface area contributed by atoms with Crippen LogP contribution in [0.2, 0.25) is 0 Å². The lowest BCUT2D eigenvalue weighted by Crippen LogP contribution is -2.21. The summed E-state index contributed by atoms with van der Waals surface area (Å²) in [6.45, 7) is 1.54. The van der Waals surface area contributed by atoms with Crippen molar-refractivity contribution in [2.24, 2.45) is 0 Å². The van der Waals surface area contributed by atoms with Crippen molar-refractivity contribution in [2.45, 2.75) is 13.5 Å². The molecule has 0 atom stereocenters. The summed E-state index contributed by atoms with van der Waals surface area (Å²) >= 11 is 1.38. The molecular weight excluding hydrogens is 421 g/mol. The first kappa shape index (κ1) is 20.5. The number of nitrogens with zero attached hydrogens (tertiary/aromatic N) is 2. The number of para-hydroxylation sites is 3. The summed E-state index contributed by atoms with van der Waals surface area (Å²) in [6.07, 6.45) is 0. The number of nitrogens with one attached hydrogen (secondary N) is 1. The molecule has 158 valence electrons. The van der Waals surface area contributed by atoms with E-state index in [9.17, 15) is 14.0 Å². The molecule has 0 aliphatic rings. The molecule has 2 heterocycles. The number of fused-ring (bicyclic) bond motifs is 1. The Labute approximate surface area is 180 Å². The van der Waals surface area contributed by atoms with E-state index in [-0.39, 0.29) is 24.5 Å². The van der Waals surface area contributed by atoms with Gasteiger partial charge in [-0.25, -0.2) is 9.37 Å². The van der Waals surface area contributed by atoms with Crippen LogP contribution in [0.15, 0.2) is 64.8 Å². The van der Waals surface area contributed by atoms with Crippen LogP contribution in [0.25, 0.3) is 4.96 Å². The summed E-state index contributed by atoms with van der Waals surface area (Å²) in [4.78, 5) is 29.6. The van der Waals surface area contributed by atoms with E-state index in [0.717, 1.165) is 5.69 Å². The van der Waals surface area contributed by atoms with Crippen molar-refractivity contribution in [1.29, 1.82) is 0 Å². The third-order valence-corrected chi connectivity index (χ3v) is 5.30. The minimum atomic E-state index is -0.541. The number of anilines is 1. The molecule has 1 N–H and O–H groups in total. The topological polar surface area (TPSA) is 81.9 Å². The summed E-state index contributed by atoms with van der Waals surface area (Å²) in [7, 11) is 0. The smallest absolute Gasteiger partial charge is 0.262 e. The van der Waals surface area contributed by atoms with Crippen LogP contribution in [0.4, 0.5) is 10.1 Å². The normalized spacial score (nSPS) is 10.8. The van der Waals surface area contributed by atoms with Gasteiger partial charge < -0.3 is 14.8 Å². The molecule has 1 amide bonds. The maximum atomic E-state index is 13.6. The second-order valence-electron chi connectivity index (χ2n) is 6.63. The number of carbonyl (C=O) groups is 1. The number of rotatable bonds is 7. The number of benzene rings is 2. The Bertz CT molecular complexity index is 1300. The summed E-state index contributed by atoms with van der Waals surface area (Å²) < 4.78 is 26.2. The van der Waals surface area contributed by atoms with Gasteiger partial charge >= 0.3 is 0 Å². The van der Waals surface area contributed by atoms with Crippen molar-refractivity contribution in [3.63, 3.8) is 0 Å². The molecule has 0 aliphatic carbocycles. The van der Waals surface area contributed by atoms with Crippen LogP contribution < -0.4 is 20.3 Å². The van der Waals surface area contributed by atoms with E-state index >= 15 is 0 Å². The van der Waals surface area contributed by atoms with Gasteiger partial charge in [-0.2, -0.15) is 0 Å². The van der Waals surface area contributed by atoms with Crippen molar-refractivity contribution in [3.8, 4) is 11.5 Å². The van der Waals surface area contributed by atoms with Gasteiger partial charge in [0.05, 0.1) is 11.4 Å². The first-order valence-corrected chi connectivity index (χ1v) is 10.2. The Kier molecular flexibility index (Phi) is 5.94. The Balaban J connectivity index is 1.42. The number of thiazole rings is 1. The van der Waals surface area contributed by atoms with Crippen LogP contribution in [0, 0.1) is 12.7 Å². The van der Waals surface area contributed by atoms with Gasteiger partial charge in [0.25, 0.3) is 11.5 Å². The molecule has 0 unspecified atom stereocenters. The predicted molar refractivity (Wildman–Crippen MR) is 115 cm³/mol. The average Bonchev–Trinajstić information content (AvgIpc) is 3.14. The van der Waals surface area contributed by atoms with Gasteiger partial charge in [-0.3, -0.25) is 14.0 Å². The third-order valence-electron chi connectivity index (χ3n) is 4.36. The van der Waals surface area contributed by atoms with Crippen LogP contribution in [-0.4, -0.2) is 21.9 Å². The highest BCUT2D eigenvalue weighted by atomic mass is 32.1. The van der Waals surface area contributed by atoms with Gasteiger partial charge in [0.15, 0.2) is 23.1 Å². The molecule has 7 nitrogen and oxygen atoms in total. The van der Waals surface area contributed by atoms with Crippen LogP contribution in [0.1, 0.15) is 11.4 Å². The van der Waals surface area contributed by atoms with Crippen LogP contribution in [0.5, 0.6) is 11.5 Å². The molecule has 4 aromatic rings. The molecule has 0 bridgehead atoms. The summed E-state index contributed by atoms with van der Waals surface area (Å²) in [6, 6.07) is 14.1. The van der Waals surface area contributed by atoms with Crippen molar-refractivity contribution in [2.75, 3.05) is 11.9 Å². The van der Waals surface area contributed by atoms with E-state index in [1.54, 1.807) is 30.3 Å². The number of halogens is 1. The molecule has 4 rings (SSSR count). The highest BCUT2D eigenvalue weighted by Gasteiger charge is 2.12. The van der Waals surface area contributed by atoms with Gasteiger partial charge in [-0.05, 0) is 31.2 Å². The predicted octanol–water partition coefficient (Wildman–Crippen LogP) is 3.80. The molecule has 0 aliphatic heterocycles. The quantitative estimate of drug-likeness (QED) is 0.474.